The first-order chi connectivity index (χ1) is 20.7. The molecule has 3 aromatic carbocycles. The quantitative estimate of drug-likeness (QED) is 0.286. The van der Waals surface area contributed by atoms with Crippen molar-refractivity contribution in [2.75, 3.05) is 32.2 Å². The molecule has 0 fully saturated rings. The molecule has 3 aromatic rings. The van der Waals surface area contributed by atoms with Crippen LogP contribution in [0.2, 0.25) is 0 Å². The Morgan fingerprint density at radius 3 is 2.11 bits per heavy atom. The molecular formula is C33H43N3O7S. The molecule has 1 atom stereocenters. The number of aryl methyl sites for hydroxylation is 1. The lowest BCUT2D eigenvalue weighted by molar-refractivity contribution is -0.141. The van der Waals surface area contributed by atoms with Crippen LogP contribution < -0.4 is 23.8 Å². The van der Waals surface area contributed by atoms with E-state index in [9.17, 15) is 18.0 Å². The first-order valence-electron chi connectivity index (χ1n) is 14.3. The van der Waals surface area contributed by atoms with Gasteiger partial charge in [0, 0.05) is 18.2 Å². The third-order valence-electron chi connectivity index (χ3n) is 6.91. The van der Waals surface area contributed by atoms with Gasteiger partial charge in [0.1, 0.15) is 18.3 Å². The van der Waals surface area contributed by atoms with Crippen LogP contribution in [-0.2, 0) is 26.2 Å². The zero-order chi connectivity index (χ0) is 32.7. The number of methoxy groups -OCH3 is 3. The Labute approximate surface area is 261 Å². The first kappa shape index (κ1) is 34.2. The van der Waals surface area contributed by atoms with Crippen LogP contribution in [0.1, 0.15) is 45.2 Å². The third-order valence-corrected chi connectivity index (χ3v) is 8.70. The van der Waals surface area contributed by atoms with Crippen molar-refractivity contribution in [3.8, 4) is 17.2 Å². The summed E-state index contributed by atoms with van der Waals surface area (Å²) in [6.45, 7) is 8.73. The van der Waals surface area contributed by atoms with Crippen LogP contribution in [0, 0.1) is 6.92 Å². The molecule has 0 aliphatic rings. The topological polar surface area (TPSA) is 114 Å². The average molecular weight is 626 g/mol. The first-order valence-corrected chi connectivity index (χ1v) is 15.7. The number of nitrogens with one attached hydrogen (secondary N) is 1. The predicted octanol–water partition coefficient (Wildman–Crippen LogP) is 4.94. The third kappa shape index (κ3) is 8.43. The second kappa shape index (κ2) is 14.5. The van der Waals surface area contributed by atoms with Gasteiger partial charge in [-0.3, -0.25) is 13.9 Å². The molecule has 238 valence electrons. The van der Waals surface area contributed by atoms with Crippen LogP contribution in [-0.4, -0.2) is 64.6 Å². The number of amides is 2. The summed E-state index contributed by atoms with van der Waals surface area (Å²) in [5, 5.41) is 2.97. The number of ether oxygens (including phenoxy) is 3. The fourth-order valence-corrected chi connectivity index (χ4v) is 6.09. The summed E-state index contributed by atoms with van der Waals surface area (Å²) in [5.74, 6) is 0.395. The van der Waals surface area contributed by atoms with Crippen molar-refractivity contribution < 1.29 is 32.2 Å². The standard InChI is InChI=1S/C33H43N3O7S/c1-9-28(32(38)34-33(3,4)5)35(21-24-11-10-12-26(19-24)41-6)31(37)22-36(25-15-18-29(42-7)30(20-25)43-8)44(39,40)27-16-13-23(2)14-17-27/h10-20,28H,9,21-22H2,1-8H3,(H,34,38). The molecule has 2 amide bonds. The normalized spacial score (nSPS) is 12.2. The van der Waals surface area contributed by atoms with Crippen molar-refractivity contribution in [1.82, 2.24) is 10.2 Å². The number of carbonyl (C=O) groups excluding carboxylic acids is 2. The summed E-state index contributed by atoms with van der Waals surface area (Å²) in [6.07, 6.45) is 0.304. The SMILES string of the molecule is CCC(C(=O)NC(C)(C)C)N(Cc1cccc(OC)c1)C(=O)CN(c1ccc(OC)c(OC)c1)S(=O)(=O)c1ccc(C)cc1. The van der Waals surface area contributed by atoms with Gasteiger partial charge in [-0.1, -0.05) is 36.8 Å². The molecule has 0 aromatic heterocycles. The predicted molar refractivity (Wildman–Crippen MR) is 171 cm³/mol. The van der Waals surface area contributed by atoms with Gasteiger partial charge in [0.15, 0.2) is 11.5 Å². The van der Waals surface area contributed by atoms with Crippen molar-refractivity contribution in [2.24, 2.45) is 0 Å². The lowest BCUT2D eigenvalue weighted by atomic mass is 10.1. The van der Waals surface area contributed by atoms with E-state index in [-0.39, 0.29) is 23.0 Å². The summed E-state index contributed by atoms with van der Waals surface area (Å²) in [6, 6.07) is 17.3. The van der Waals surface area contributed by atoms with E-state index < -0.39 is 34.1 Å². The monoisotopic (exact) mass is 625 g/mol. The molecule has 0 bridgehead atoms. The lowest BCUT2D eigenvalue weighted by Gasteiger charge is -2.35. The number of sulfonamides is 1. The van der Waals surface area contributed by atoms with Crippen LogP contribution in [0.4, 0.5) is 5.69 Å². The molecule has 0 aliphatic heterocycles. The van der Waals surface area contributed by atoms with Gasteiger partial charge in [-0.15, -0.1) is 0 Å². The summed E-state index contributed by atoms with van der Waals surface area (Å²) >= 11 is 0. The van der Waals surface area contributed by atoms with Gasteiger partial charge in [0.2, 0.25) is 11.8 Å². The van der Waals surface area contributed by atoms with Crippen LogP contribution >= 0.6 is 0 Å². The molecular weight excluding hydrogens is 582 g/mol. The molecule has 1 N–H and O–H groups in total. The molecule has 44 heavy (non-hydrogen) atoms. The van der Waals surface area contributed by atoms with Crippen LogP contribution in [0.3, 0.4) is 0 Å². The fraction of sp³-hybridized carbons (Fsp3) is 0.394. The van der Waals surface area contributed by atoms with Crippen molar-refractivity contribution in [3.05, 3.63) is 77.9 Å². The van der Waals surface area contributed by atoms with E-state index in [0.29, 0.717) is 23.7 Å². The van der Waals surface area contributed by atoms with Gasteiger partial charge in [-0.05, 0) is 76.1 Å². The zero-order valence-corrected chi connectivity index (χ0v) is 27.5. The van der Waals surface area contributed by atoms with Crippen molar-refractivity contribution in [3.63, 3.8) is 0 Å². The Morgan fingerprint density at radius 2 is 1.55 bits per heavy atom. The molecule has 0 spiro atoms. The van der Waals surface area contributed by atoms with Crippen LogP contribution in [0.5, 0.6) is 17.2 Å². The molecule has 0 radical (unpaired) electrons. The summed E-state index contributed by atoms with van der Waals surface area (Å²) < 4.78 is 45.5. The van der Waals surface area contributed by atoms with E-state index in [2.05, 4.69) is 5.32 Å². The largest absolute Gasteiger partial charge is 0.497 e. The maximum absolute atomic E-state index is 14.3. The zero-order valence-electron chi connectivity index (χ0n) is 26.7. The number of hydrogen-bond donors (Lipinski definition) is 1. The molecule has 0 aliphatic carbocycles. The Kier molecular flexibility index (Phi) is 11.3. The molecule has 11 heteroatoms. The average Bonchev–Trinajstić information content (AvgIpc) is 2.98. The number of carbonyl (C=O) groups is 2. The Hall–Kier alpha value is -4.25. The van der Waals surface area contributed by atoms with Crippen molar-refractivity contribution in [2.45, 2.75) is 64.1 Å². The smallest absolute Gasteiger partial charge is 0.264 e. The number of hydrogen-bond acceptors (Lipinski definition) is 7. The lowest BCUT2D eigenvalue weighted by Crippen LogP contribution is -2.55. The van der Waals surface area contributed by atoms with Crippen LogP contribution in [0.25, 0.3) is 0 Å². The summed E-state index contributed by atoms with van der Waals surface area (Å²) in [5.41, 5.74) is 1.26. The number of benzene rings is 3. The highest BCUT2D eigenvalue weighted by molar-refractivity contribution is 7.92. The van der Waals surface area contributed by atoms with E-state index in [0.717, 1.165) is 15.4 Å². The highest BCUT2D eigenvalue weighted by Crippen LogP contribution is 2.34. The van der Waals surface area contributed by atoms with Gasteiger partial charge in [0.05, 0.1) is 31.9 Å². The number of nitrogens with zero attached hydrogens (tertiary/aromatic N) is 2. The van der Waals surface area contributed by atoms with E-state index >= 15 is 0 Å². The Bertz CT molecular complexity index is 1550. The van der Waals surface area contributed by atoms with Gasteiger partial charge in [-0.25, -0.2) is 8.42 Å². The molecule has 0 saturated heterocycles. The van der Waals surface area contributed by atoms with Gasteiger partial charge < -0.3 is 24.4 Å². The Morgan fingerprint density at radius 1 is 0.886 bits per heavy atom. The summed E-state index contributed by atoms with van der Waals surface area (Å²) in [4.78, 5) is 29.3. The summed E-state index contributed by atoms with van der Waals surface area (Å²) in [7, 11) is 0.230. The number of anilines is 1. The molecule has 1 unspecified atom stereocenters. The molecule has 3 rings (SSSR count). The Balaban J connectivity index is 2.14. The number of rotatable bonds is 13. The van der Waals surface area contributed by atoms with Gasteiger partial charge in [0.25, 0.3) is 10.0 Å². The maximum atomic E-state index is 14.3. The van der Waals surface area contributed by atoms with E-state index in [4.69, 9.17) is 14.2 Å². The minimum Gasteiger partial charge on any atom is -0.497 e. The van der Waals surface area contributed by atoms with Gasteiger partial charge in [-0.2, -0.15) is 0 Å². The molecule has 10 nitrogen and oxygen atoms in total. The molecule has 0 heterocycles. The van der Waals surface area contributed by atoms with E-state index in [1.807, 2.05) is 40.7 Å². The van der Waals surface area contributed by atoms with E-state index in [1.54, 1.807) is 49.6 Å². The van der Waals surface area contributed by atoms with Crippen molar-refractivity contribution >= 4 is 27.5 Å². The maximum Gasteiger partial charge on any atom is 0.264 e. The van der Waals surface area contributed by atoms with Crippen LogP contribution in [0.15, 0.2) is 71.6 Å². The minimum absolute atomic E-state index is 0.0162. The van der Waals surface area contributed by atoms with Crippen molar-refractivity contribution in [1.29, 1.82) is 0 Å². The highest BCUT2D eigenvalue weighted by Gasteiger charge is 2.35. The second-order valence-electron chi connectivity index (χ2n) is 11.4. The minimum atomic E-state index is -4.24. The fourth-order valence-electron chi connectivity index (χ4n) is 4.69. The molecule has 0 saturated carbocycles. The van der Waals surface area contributed by atoms with Gasteiger partial charge >= 0.3 is 0 Å². The highest BCUT2D eigenvalue weighted by atomic mass is 32.2. The second-order valence-corrected chi connectivity index (χ2v) is 13.3. The van der Waals surface area contributed by atoms with E-state index in [1.165, 1.54) is 37.3 Å².